The first-order valence-electron chi connectivity index (χ1n) is 13.3. The Labute approximate surface area is 230 Å². The number of carbonyl (C=O) groups excluding carboxylic acids is 2. The number of likely N-dealkylation sites (tertiary alicyclic amines) is 1. The topological polar surface area (TPSA) is 91.8 Å². The number of fused-ring (bicyclic) bond motifs is 1. The Balaban J connectivity index is 1.41. The van der Waals surface area contributed by atoms with Crippen LogP contribution in [0.1, 0.15) is 67.7 Å². The maximum atomic E-state index is 16.1. The Morgan fingerprint density at radius 3 is 2.65 bits per heavy atom. The summed E-state index contributed by atoms with van der Waals surface area (Å²) in [5.74, 6) is -1.82. The SMILES string of the molecule is COc1cc(CN2CCC(O)(c3ccc4ncc(C5CCC(=O)NC5=O)cc4c3F)C(C)(C)C2)ccc1C(F)F. The van der Waals surface area contributed by atoms with Crippen LogP contribution < -0.4 is 10.1 Å². The summed E-state index contributed by atoms with van der Waals surface area (Å²) >= 11 is 0. The number of hydrogen-bond acceptors (Lipinski definition) is 6. The van der Waals surface area contributed by atoms with Crippen molar-refractivity contribution in [1.82, 2.24) is 15.2 Å². The van der Waals surface area contributed by atoms with Gasteiger partial charge in [0.15, 0.2) is 0 Å². The molecule has 1 aromatic heterocycles. The van der Waals surface area contributed by atoms with Gasteiger partial charge in [-0.25, -0.2) is 13.2 Å². The van der Waals surface area contributed by atoms with E-state index in [0.29, 0.717) is 37.1 Å². The molecule has 0 bridgehead atoms. The van der Waals surface area contributed by atoms with Crippen molar-refractivity contribution in [3.63, 3.8) is 0 Å². The van der Waals surface area contributed by atoms with Gasteiger partial charge in [0.05, 0.1) is 29.7 Å². The molecule has 2 aromatic carbocycles. The molecule has 5 rings (SSSR count). The lowest BCUT2D eigenvalue weighted by Gasteiger charge is -2.50. The van der Waals surface area contributed by atoms with Crippen LogP contribution in [-0.4, -0.2) is 47.0 Å². The quantitative estimate of drug-likeness (QED) is 0.418. The van der Waals surface area contributed by atoms with E-state index in [1.54, 1.807) is 30.3 Å². The molecule has 2 amide bonds. The molecule has 2 aliphatic rings. The van der Waals surface area contributed by atoms with E-state index >= 15 is 4.39 Å². The number of amides is 2. The van der Waals surface area contributed by atoms with Crippen LogP contribution in [0.4, 0.5) is 13.2 Å². The Bertz CT molecular complexity index is 1480. The molecular weight excluding hydrogens is 523 g/mol. The van der Waals surface area contributed by atoms with Crippen LogP contribution in [-0.2, 0) is 21.7 Å². The van der Waals surface area contributed by atoms with Crippen molar-refractivity contribution >= 4 is 22.7 Å². The Morgan fingerprint density at radius 2 is 1.98 bits per heavy atom. The summed E-state index contributed by atoms with van der Waals surface area (Å²) in [6.07, 6.45) is -0.344. The summed E-state index contributed by atoms with van der Waals surface area (Å²) in [6, 6.07) is 9.44. The number of aromatic nitrogens is 1. The highest BCUT2D eigenvalue weighted by atomic mass is 19.3. The number of methoxy groups -OCH3 is 1. The number of aliphatic hydroxyl groups is 1. The number of carbonyl (C=O) groups is 2. The molecule has 0 saturated carbocycles. The first-order valence-corrected chi connectivity index (χ1v) is 13.3. The summed E-state index contributed by atoms with van der Waals surface area (Å²) in [5.41, 5.74) is -0.562. The highest BCUT2D eigenvalue weighted by Crippen LogP contribution is 2.48. The predicted octanol–water partition coefficient (Wildman–Crippen LogP) is 4.96. The number of benzene rings is 2. The third-order valence-corrected chi connectivity index (χ3v) is 8.38. The minimum Gasteiger partial charge on any atom is -0.496 e. The predicted molar refractivity (Wildman–Crippen MR) is 142 cm³/mol. The molecule has 212 valence electrons. The van der Waals surface area contributed by atoms with Gasteiger partial charge in [-0.15, -0.1) is 0 Å². The monoisotopic (exact) mass is 555 g/mol. The van der Waals surface area contributed by atoms with Gasteiger partial charge in [-0.05, 0) is 48.2 Å². The van der Waals surface area contributed by atoms with Crippen LogP contribution >= 0.6 is 0 Å². The average molecular weight is 556 g/mol. The number of halogens is 3. The van der Waals surface area contributed by atoms with Gasteiger partial charge >= 0.3 is 0 Å². The molecule has 2 atom stereocenters. The van der Waals surface area contributed by atoms with Crippen molar-refractivity contribution < 1.29 is 32.6 Å². The molecule has 2 fully saturated rings. The first-order chi connectivity index (χ1) is 18.9. The second kappa shape index (κ2) is 10.5. The van der Waals surface area contributed by atoms with Gasteiger partial charge < -0.3 is 9.84 Å². The largest absolute Gasteiger partial charge is 0.496 e. The summed E-state index contributed by atoms with van der Waals surface area (Å²) < 4.78 is 47.8. The van der Waals surface area contributed by atoms with E-state index in [1.165, 1.54) is 19.4 Å². The van der Waals surface area contributed by atoms with E-state index in [-0.39, 0.29) is 41.0 Å². The molecule has 3 heterocycles. The van der Waals surface area contributed by atoms with Crippen molar-refractivity contribution in [1.29, 1.82) is 0 Å². The number of nitrogens with one attached hydrogen (secondary N) is 1. The lowest BCUT2D eigenvalue weighted by Crippen LogP contribution is -2.55. The lowest BCUT2D eigenvalue weighted by molar-refractivity contribution is -0.134. The van der Waals surface area contributed by atoms with E-state index in [9.17, 15) is 23.5 Å². The molecule has 0 aliphatic carbocycles. The van der Waals surface area contributed by atoms with E-state index in [2.05, 4.69) is 15.2 Å². The van der Waals surface area contributed by atoms with Crippen LogP contribution in [0.5, 0.6) is 5.75 Å². The number of piperidine rings is 2. The van der Waals surface area contributed by atoms with Crippen LogP contribution in [0.2, 0.25) is 0 Å². The summed E-state index contributed by atoms with van der Waals surface area (Å²) in [5, 5.41) is 14.5. The lowest BCUT2D eigenvalue weighted by atomic mass is 9.66. The fraction of sp³-hybridized carbons (Fsp3) is 0.433. The standard InChI is InChI=1S/C30H32F3N3O4/c1-29(2)16-36(15-17-4-5-20(27(32)33)24(12-17)40-3)11-10-30(29,39)22-7-8-23-21(26(22)31)13-18(14-34-23)19-6-9-25(37)35-28(19)38/h4-5,7-8,12-14,19,27,39H,6,9-11,15-16H2,1-3H3,(H,35,37,38). The van der Waals surface area contributed by atoms with Crippen molar-refractivity contribution in [3.8, 4) is 5.75 Å². The zero-order valence-corrected chi connectivity index (χ0v) is 22.6. The van der Waals surface area contributed by atoms with Gasteiger partial charge in [0.2, 0.25) is 11.8 Å². The number of imide groups is 1. The van der Waals surface area contributed by atoms with Crippen molar-refractivity contribution in [2.24, 2.45) is 5.41 Å². The summed E-state index contributed by atoms with van der Waals surface area (Å²) in [7, 11) is 1.36. The van der Waals surface area contributed by atoms with Gasteiger partial charge in [0.1, 0.15) is 11.6 Å². The second-order valence-electron chi connectivity index (χ2n) is 11.3. The van der Waals surface area contributed by atoms with Crippen LogP contribution in [0, 0.1) is 11.2 Å². The van der Waals surface area contributed by atoms with Gasteiger partial charge in [0, 0.05) is 48.6 Å². The molecular formula is C30H32F3N3O4. The molecule has 0 radical (unpaired) electrons. The second-order valence-corrected chi connectivity index (χ2v) is 11.3. The van der Waals surface area contributed by atoms with Gasteiger partial charge in [-0.1, -0.05) is 26.0 Å². The van der Waals surface area contributed by atoms with Crippen molar-refractivity contribution in [2.45, 2.75) is 57.6 Å². The number of nitrogens with zero attached hydrogens (tertiary/aromatic N) is 2. The normalized spacial score (nSPS) is 23.4. The Hall–Kier alpha value is -3.50. The molecule has 0 spiro atoms. The Kier molecular flexibility index (Phi) is 7.35. The fourth-order valence-corrected chi connectivity index (χ4v) is 6.06. The number of pyridine rings is 1. The average Bonchev–Trinajstić information content (AvgIpc) is 2.90. The first kappa shape index (κ1) is 28.0. The number of ether oxygens (including phenoxy) is 1. The van der Waals surface area contributed by atoms with Crippen LogP contribution in [0.3, 0.4) is 0 Å². The van der Waals surface area contributed by atoms with Gasteiger partial charge in [-0.3, -0.25) is 24.8 Å². The molecule has 2 N–H and O–H groups in total. The smallest absolute Gasteiger partial charge is 0.267 e. The van der Waals surface area contributed by atoms with E-state index in [0.717, 1.165) is 5.56 Å². The minimum atomic E-state index is -2.64. The number of hydrogen-bond donors (Lipinski definition) is 2. The molecule has 40 heavy (non-hydrogen) atoms. The third-order valence-electron chi connectivity index (χ3n) is 8.38. The Morgan fingerprint density at radius 1 is 1.20 bits per heavy atom. The van der Waals surface area contributed by atoms with Gasteiger partial charge in [-0.2, -0.15) is 0 Å². The maximum Gasteiger partial charge on any atom is 0.267 e. The minimum absolute atomic E-state index is 0.129. The molecule has 3 aromatic rings. The summed E-state index contributed by atoms with van der Waals surface area (Å²) in [4.78, 5) is 30.4. The van der Waals surface area contributed by atoms with Crippen molar-refractivity contribution in [3.05, 3.63) is 70.7 Å². The molecule has 7 nitrogen and oxygen atoms in total. The van der Waals surface area contributed by atoms with Crippen LogP contribution in [0.15, 0.2) is 42.6 Å². The fourth-order valence-electron chi connectivity index (χ4n) is 6.06. The number of alkyl halides is 2. The van der Waals surface area contributed by atoms with E-state index in [4.69, 9.17) is 4.74 Å². The molecule has 2 unspecified atom stereocenters. The van der Waals surface area contributed by atoms with E-state index in [1.807, 2.05) is 13.8 Å². The summed E-state index contributed by atoms with van der Waals surface area (Å²) in [6.45, 7) is 5.08. The zero-order chi connectivity index (χ0) is 28.8. The van der Waals surface area contributed by atoms with Crippen LogP contribution in [0.25, 0.3) is 10.9 Å². The van der Waals surface area contributed by atoms with Gasteiger partial charge in [0.25, 0.3) is 6.43 Å². The molecule has 2 aliphatic heterocycles. The molecule has 10 heteroatoms. The van der Waals surface area contributed by atoms with Crippen molar-refractivity contribution in [2.75, 3.05) is 20.2 Å². The highest BCUT2D eigenvalue weighted by Gasteiger charge is 2.50. The molecule has 2 saturated heterocycles. The van der Waals surface area contributed by atoms with E-state index < -0.39 is 35.1 Å². The highest BCUT2D eigenvalue weighted by molar-refractivity contribution is 6.01. The zero-order valence-electron chi connectivity index (χ0n) is 22.6. The maximum absolute atomic E-state index is 16.1. The number of rotatable bonds is 6. The third kappa shape index (κ3) is 4.94.